The molecule has 0 amide bonds. The lowest BCUT2D eigenvalue weighted by molar-refractivity contribution is -0.125. The summed E-state index contributed by atoms with van der Waals surface area (Å²) in [6, 6.07) is 0. The van der Waals surface area contributed by atoms with E-state index in [1.54, 1.807) is 0 Å². The van der Waals surface area contributed by atoms with E-state index >= 15 is 0 Å². The number of hydrogen-bond acceptors (Lipinski definition) is 3. The number of nitrogens with one attached hydrogen (secondary N) is 1. The first-order valence-corrected chi connectivity index (χ1v) is 5.35. The van der Waals surface area contributed by atoms with Gasteiger partial charge in [0.25, 0.3) is 0 Å². The fraction of sp³-hybridized carbons (Fsp3) is 1.00. The third-order valence-electron chi connectivity index (χ3n) is 1.57. The van der Waals surface area contributed by atoms with Crippen molar-refractivity contribution >= 4 is 0 Å². The van der Waals surface area contributed by atoms with Crippen molar-refractivity contribution in [2.24, 2.45) is 5.92 Å². The smallest absolute Gasteiger partial charge is 0.379 e. The highest BCUT2D eigenvalue weighted by Crippen LogP contribution is 2.11. The van der Waals surface area contributed by atoms with Gasteiger partial charge in [0.1, 0.15) is 0 Å². The Balaban J connectivity index is 3.05. The number of alkyl halides is 3. The molecule has 0 atom stereocenters. The van der Waals surface area contributed by atoms with Crippen LogP contribution in [-0.2, 0) is 9.47 Å². The fourth-order valence-electron chi connectivity index (χ4n) is 0.913. The Hall–Kier alpha value is -0.330. The number of rotatable bonds is 9. The lowest BCUT2D eigenvalue weighted by Crippen LogP contribution is -2.31. The normalized spacial score (nSPS) is 12.4. The first-order chi connectivity index (χ1) is 7.42. The van der Waals surface area contributed by atoms with Crippen molar-refractivity contribution in [1.29, 1.82) is 0 Å². The van der Waals surface area contributed by atoms with Gasteiger partial charge in [-0.15, -0.1) is 0 Å². The summed E-state index contributed by atoms with van der Waals surface area (Å²) in [5.74, 6) is 0.480. The van der Waals surface area contributed by atoms with Crippen LogP contribution in [0.2, 0.25) is 0 Å². The van der Waals surface area contributed by atoms with Gasteiger partial charge in [0, 0.05) is 13.2 Å². The van der Waals surface area contributed by atoms with Gasteiger partial charge in [-0.05, 0) is 5.92 Å². The quantitative estimate of drug-likeness (QED) is 0.627. The summed E-state index contributed by atoms with van der Waals surface area (Å²) in [6.45, 7) is 5.16. The van der Waals surface area contributed by atoms with Crippen molar-refractivity contribution in [2.45, 2.75) is 20.0 Å². The molecule has 0 heterocycles. The van der Waals surface area contributed by atoms with Crippen LogP contribution in [0.15, 0.2) is 0 Å². The molecule has 6 heteroatoms. The van der Waals surface area contributed by atoms with Crippen LogP contribution < -0.4 is 5.32 Å². The van der Waals surface area contributed by atoms with Gasteiger partial charge in [0.05, 0.1) is 26.4 Å². The summed E-state index contributed by atoms with van der Waals surface area (Å²) >= 11 is 0. The molecule has 0 aromatic rings. The molecule has 0 saturated heterocycles. The van der Waals surface area contributed by atoms with Gasteiger partial charge >= 0.3 is 6.18 Å². The first-order valence-electron chi connectivity index (χ1n) is 5.35. The molecule has 98 valence electrons. The van der Waals surface area contributed by atoms with E-state index in [4.69, 9.17) is 9.47 Å². The molecule has 0 unspecified atom stereocenters. The van der Waals surface area contributed by atoms with E-state index in [-0.39, 0.29) is 13.2 Å². The standard InChI is InChI=1S/C10H20F3NO2/c1-9(2)7-16-6-5-15-4-3-14-8-10(11,12)13/h9,14H,3-8H2,1-2H3. The molecule has 0 fully saturated rings. The van der Waals surface area contributed by atoms with E-state index in [1.807, 2.05) is 13.8 Å². The van der Waals surface area contributed by atoms with Crippen molar-refractivity contribution in [1.82, 2.24) is 5.32 Å². The van der Waals surface area contributed by atoms with Gasteiger partial charge in [0.15, 0.2) is 0 Å². The van der Waals surface area contributed by atoms with Crippen LogP contribution >= 0.6 is 0 Å². The predicted molar refractivity (Wildman–Crippen MR) is 55.4 cm³/mol. The molecule has 0 spiro atoms. The van der Waals surface area contributed by atoms with Crippen LogP contribution in [0.25, 0.3) is 0 Å². The van der Waals surface area contributed by atoms with Gasteiger partial charge < -0.3 is 14.8 Å². The molecule has 0 aromatic heterocycles. The minimum atomic E-state index is -4.15. The second-order valence-electron chi connectivity index (χ2n) is 3.87. The van der Waals surface area contributed by atoms with E-state index in [0.717, 1.165) is 0 Å². The van der Waals surface area contributed by atoms with Crippen LogP contribution in [-0.4, -0.2) is 45.7 Å². The molecule has 0 aliphatic rings. The summed E-state index contributed by atoms with van der Waals surface area (Å²) in [5, 5.41) is 2.24. The average Bonchev–Trinajstić information content (AvgIpc) is 2.13. The SMILES string of the molecule is CC(C)COCCOCCNCC(F)(F)F. The summed E-state index contributed by atoms with van der Waals surface area (Å²) < 4.78 is 45.4. The molecule has 3 nitrogen and oxygen atoms in total. The Labute approximate surface area is 94.3 Å². The Bertz CT molecular complexity index is 163. The monoisotopic (exact) mass is 243 g/mol. The third kappa shape index (κ3) is 13.7. The van der Waals surface area contributed by atoms with Crippen molar-refractivity contribution in [2.75, 3.05) is 39.5 Å². The average molecular weight is 243 g/mol. The van der Waals surface area contributed by atoms with Crippen LogP contribution in [0.3, 0.4) is 0 Å². The predicted octanol–water partition coefficient (Wildman–Crippen LogP) is 1.83. The Morgan fingerprint density at radius 1 is 1.06 bits per heavy atom. The number of ether oxygens (including phenoxy) is 2. The zero-order valence-electron chi connectivity index (χ0n) is 9.77. The summed E-state index contributed by atoms with van der Waals surface area (Å²) in [6.07, 6.45) is -4.15. The van der Waals surface area contributed by atoms with Crippen molar-refractivity contribution in [3.05, 3.63) is 0 Å². The Morgan fingerprint density at radius 3 is 2.25 bits per heavy atom. The van der Waals surface area contributed by atoms with Crippen LogP contribution in [0.1, 0.15) is 13.8 Å². The van der Waals surface area contributed by atoms with E-state index in [9.17, 15) is 13.2 Å². The highest BCUT2D eigenvalue weighted by atomic mass is 19.4. The maximum Gasteiger partial charge on any atom is 0.401 e. The molecule has 16 heavy (non-hydrogen) atoms. The number of hydrogen-bond donors (Lipinski definition) is 1. The first kappa shape index (κ1) is 15.7. The second kappa shape index (κ2) is 8.78. The molecule has 0 radical (unpaired) electrons. The maximum absolute atomic E-state index is 11.7. The molecular formula is C10H20F3NO2. The third-order valence-corrected chi connectivity index (χ3v) is 1.57. The topological polar surface area (TPSA) is 30.5 Å². The van der Waals surface area contributed by atoms with Crippen LogP contribution in [0.4, 0.5) is 13.2 Å². The molecule has 0 aliphatic carbocycles. The molecule has 0 saturated carbocycles. The zero-order chi connectivity index (χ0) is 12.4. The number of halogens is 3. The van der Waals surface area contributed by atoms with Gasteiger partial charge in [0.2, 0.25) is 0 Å². The molecule has 0 rings (SSSR count). The molecule has 0 aliphatic heterocycles. The molecule has 0 aromatic carbocycles. The largest absolute Gasteiger partial charge is 0.401 e. The highest BCUT2D eigenvalue weighted by molar-refractivity contribution is 4.54. The lowest BCUT2D eigenvalue weighted by Gasteiger charge is -2.09. The van der Waals surface area contributed by atoms with Crippen LogP contribution in [0.5, 0.6) is 0 Å². The minimum Gasteiger partial charge on any atom is -0.379 e. The maximum atomic E-state index is 11.7. The lowest BCUT2D eigenvalue weighted by atomic mass is 10.2. The molecule has 1 N–H and O–H groups in total. The molecule has 0 bridgehead atoms. The van der Waals surface area contributed by atoms with Crippen molar-refractivity contribution in [3.8, 4) is 0 Å². The summed E-state index contributed by atoms with van der Waals surface area (Å²) in [4.78, 5) is 0. The minimum absolute atomic E-state index is 0.198. The van der Waals surface area contributed by atoms with Crippen molar-refractivity contribution < 1.29 is 22.6 Å². The summed E-state index contributed by atoms with van der Waals surface area (Å²) in [5.41, 5.74) is 0. The highest BCUT2D eigenvalue weighted by Gasteiger charge is 2.25. The van der Waals surface area contributed by atoms with Gasteiger partial charge in [-0.1, -0.05) is 13.8 Å². The van der Waals surface area contributed by atoms with E-state index in [1.165, 1.54) is 0 Å². The second-order valence-corrected chi connectivity index (χ2v) is 3.87. The summed E-state index contributed by atoms with van der Waals surface area (Å²) in [7, 11) is 0. The Kier molecular flexibility index (Phi) is 8.60. The van der Waals surface area contributed by atoms with Crippen molar-refractivity contribution in [3.63, 3.8) is 0 Å². The van der Waals surface area contributed by atoms with Gasteiger partial charge in [-0.3, -0.25) is 0 Å². The fourth-order valence-corrected chi connectivity index (χ4v) is 0.913. The Morgan fingerprint density at radius 2 is 1.69 bits per heavy atom. The van der Waals surface area contributed by atoms with E-state index in [0.29, 0.717) is 25.7 Å². The zero-order valence-corrected chi connectivity index (χ0v) is 9.77. The van der Waals surface area contributed by atoms with E-state index < -0.39 is 12.7 Å². The van der Waals surface area contributed by atoms with Gasteiger partial charge in [-0.2, -0.15) is 13.2 Å². The van der Waals surface area contributed by atoms with Gasteiger partial charge in [-0.25, -0.2) is 0 Å². The van der Waals surface area contributed by atoms with E-state index in [2.05, 4.69) is 5.32 Å². The van der Waals surface area contributed by atoms with Crippen LogP contribution in [0, 0.1) is 5.92 Å². The molecular weight excluding hydrogens is 223 g/mol.